The highest BCUT2D eigenvalue weighted by atomic mass is 127. The van der Waals surface area contributed by atoms with Gasteiger partial charge >= 0.3 is 0 Å². The van der Waals surface area contributed by atoms with Crippen molar-refractivity contribution in [3.63, 3.8) is 0 Å². The van der Waals surface area contributed by atoms with Crippen molar-refractivity contribution in [1.82, 2.24) is 20.9 Å². The molecule has 1 aliphatic heterocycles. The maximum Gasteiger partial charge on any atom is 0.222 e. The van der Waals surface area contributed by atoms with Crippen LogP contribution in [0.5, 0.6) is 0 Å². The Bertz CT molecular complexity index is 600. The molecule has 1 aromatic rings. The molecule has 1 amide bonds. The van der Waals surface area contributed by atoms with Gasteiger partial charge in [-0.25, -0.2) is 0 Å². The van der Waals surface area contributed by atoms with Crippen molar-refractivity contribution in [1.29, 1.82) is 0 Å². The molecule has 1 aromatic heterocycles. The van der Waals surface area contributed by atoms with Gasteiger partial charge in [0.15, 0.2) is 5.96 Å². The number of aliphatic imine (C=N–C) groups is 1. The molecule has 0 saturated carbocycles. The van der Waals surface area contributed by atoms with Gasteiger partial charge in [0.25, 0.3) is 0 Å². The highest BCUT2D eigenvalue weighted by molar-refractivity contribution is 14.0. The van der Waals surface area contributed by atoms with Crippen LogP contribution in [0.25, 0.3) is 0 Å². The third-order valence-electron chi connectivity index (χ3n) is 5.14. The second-order valence-electron chi connectivity index (χ2n) is 7.84. The first-order chi connectivity index (χ1) is 13.5. The van der Waals surface area contributed by atoms with Crippen molar-refractivity contribution < 1.29 is 4.79 Å². The van der Waals surface area contributed by atoms with Crippen LogP contribution in [0.1, 0.15) is 51.5 Å². The van der Waals surface area contributed by atoms with Gasteiger partial charge in [-0.3, -0.25) is 14.7 Å². The van der Waals surface area contributed by atoms with E-state index in [0.29, 0.717) is 19.1 Å². The van der Waals surface area contributed by atoms with E-state index in [2.05, 4.69) is 52.2 Å². The van der Waals surface area contributed by atoms with Gasteiger partial charge in [0, 0.05) is 30.4 Å². The minimum atomic E-state index is 0. The maximum absolute atomic E-state index is 11.7. The van der Waals surface area contributed by atoms with E-state index >= 15 is 0 Å². The van der Waals surface area contributed by atoms with E-state index < -0.39 is 0 Å². The first kappa shape index (κ1) is 26.2. The number of amides is 1. The number of nitrogens with one attached hydrogen (secondary N) is 3. The number of likely N-dealkylation sites (tertiary alicyclic amines) is 1. The minimum absolute atomic E-state index is 0. The van der Waals surface area contributed by atoms with Crippen molar-refractivity contribution >= 4 is 47.2 Å². The smallest absolute Gasteiger partial charge is 0.222 e. The average molecular weight is 536 g/mol. The Labute approximate surface area is 197 Å². The van der Waals surface area contributed by atoms with E-state index in [1.807, 2.05) is 25.2 Å². The summed E-state index contributed by atoms with van der Waals surface area (Å²) in [5.74, 6) is 1.73. The Kier molecular flexibility index (Phi) is 12.8. The monoisotopic (exact) mass is 535 g/mol. The van der Waals surface area contributed by atoms with Gasteiger partial charge in [-0.15, -0.1) is 35.3 Å². The number of halogens is 1. The van der Waals surface area contributed by atoms with Crippen LogP contribution < -0.4 is 16.0 Å². The SMILES string of the molecule is CCNC(=NCC(c1cccs1)N1CCC(C)CC1)NCCNC(=O)C(C)C.I. The maximum atomic E-state index is 11.7. The molecular formula is C21H38IN5OS. The van der Waals surface area contributed by atoms with E-state index in [4.69, 9.17) is 4.99 Å². The van der Waals surface area contributed by atoms with E-state index in [-0.39, 0.29) is 35.8 Å². The van der Waals surface area contributed by atoms with Gasteiger partial charge < -0.3 is 16.0 Å². The van der Waals surface area contributed by atoms with Crippen LogP contribution in [0.15, 0.2) is 22.5 Å². The number of nitrogens with zero attached hydrogens (tertiary/aromatic N) is 2. The molecule has 0 aliphatic carbocycles. The summed E-state index contributed by atoms with van der Waals surface area (Å²) in [6, 6.07) is 4.69. The molecule has 0 spiro atoms. The van der Waals surface area contributed by atoms with Gasteiger partial charge in [-0.2, -0.15) is 0 Å². The van der Waals surface area contributed by atoms with Crippen LogP contribution in [0.3, 0.4) is 0 Å². The molecule has 0 aromatic carbocycles. The third kappa shape index (κ3) is 9.21. The highest BCUT2D eigenvalue weighted by Crippen LogP contribution is 2.29. The van der Waals surface area contributed by atoms with Gasteiger partial charge in [0.1, 0.15) is 0 Å². The lowest BCUT2D eigenvalue weighted by Gasteiger charge is -2.35. The Balaban J connectivity index is 0.00000420. The van der Waals surface area contributed by atoms with Crippen LogP contribution in [-0.2, 0) is 4.79 Å². The topological polar surface area (TPSA) is 68.8 Å². The summed E-state index contributed by atoms with van der Waals surface area (Å²) < 4.78 is 0. The van der Waals surface area contributed by atoms with Crippen LogP contribution in [0, 0.1) is 11.8 Å². The molecular weight excluding hydrogens is 497 g/mol. The van der Waals surface area contributed by atoms with Gasteiger partial charge in [0.2, 0.25) is 5.91 Å². The number of carbonyl (C=O) groups excluding carboxylic acids is 1. The first-order valence-corrected chi connectivity index (χ1v) is 11.5. The molecule has 166 valence electrons. The highest BCUT2D eigenvalue weighted by Gasteiger charge is 2.25. The molecule has 0 bridgehead atoms. The van der Waals surface area contributed by atoms with Crippen LogP contribution in [-0.4, -0.2) is 56.0 Å². The number of rotatable bonds is 9. The molecule has 1 aliphatic rings. The quantitative estimate of drug-likeness (QED) is 0.196. The molecule has 1 atom stereocenters. The second kappa shape index (κ2) is 14.2. The third-order valence-corrected chi connectivity index (χ3v) is 6.11. The lowest BCUT2D eigenvalue weighted by Crippen LogP contribution is -2.43. The molecule has 2 heterocycles. The molecule has 2 rings (SSSR count). The minimum Gasteiger partial charge on any atom is -0.357 e. The molecule has 6 nitrogen and oxygen atoms in total. The van der Waals surface area contributed by atoms with Crippen molar-refractivity contribution in [2.24, 2.45) is 16.8 Å². The fraction of sp³-hybridized carbons (Fsp3) is 0.714. The summed E-state index contributed by atoms with van der Waals surface area (Å²) in [5, 5.41) is 11.7. The Morgan fingerprint density at radius 1 is 1.24 bits per heavy atom. The zero-order chi connectivity index (χ0) is 20.4. The van der Waals surface area contributed by atoms with Gasteiger partial charge in [-0.05, 0) is 50.2 Å². The van der Waals surface area contributed by atoms with Crippen LogP contribution in [0.2, 0.25) is 0 Å². The summed E-state index contributed by atoms with van der Waals surface area (Å²) >= 11 is 1.82. The lowest BCUT2D eigenvalue weighted by atomic mass is 9.97. The predicted octanol–water partition coefficient (Wildman–Crippen LogP) is 3.47. The molecule has 3 N–H and O–H groups in total. The van der Waals surface area contributed by atoms with Crippen molar-refractivity contribution in [3.05, 3.63) is 22.4 Å². The number of thiophene rings is 1. The van der Waals surface area contributed by atoms with Crippen molar-refractivity contribution in [2.45, 2.75) is 46.6 Å². The number of hydrogen-bond donors (Lipinski definition) is 3. The summed E-state index contributed by atoms with van der Waals surface area (Å²) in [7, 11) is 0. The van der Waals surface area contributed by atoms with Crippen LogP contribution in [0.4, 0.5) is 0 Å². The number of piperidine rings is 1. The second-order valence-corrected chi connectivity index (χ2v) is 8.82. The Morgan fingerprint density at radius 3 is 2.52 bits per heavy atom. The van der Waals surface area contributed by atoms with Crippen LogP contribution >= 0.6 is 35.3 Å². The van der Waals surface area contributed by atoms with Crippen molar-refractivity contribution in [2.75, 3.05) is 39.3 Å². The lowest BCUT2D eigenvalue weighted by molar-refractivity contribution is -0.123. The van der Waals surface area contributed by atoms with E-state index in [1.54, 1.807) is 0 Å². The molecule has 1 unspecified atom stereocenters. The van der Waals surface area contributed by atoms with Gasteiger partial charge in [-0.1, -0.05) is 26.8 Å². The fourth-order valence-electron chi connectivity index (χ4n) is 3.30. The largest absolute Gasteiger partial charge is 0.357 e. The average Bonchev–Trinajstić information content (AvgIpc) is 3.20. The number of hydrogen-bond acceptors (Lipinski definition) is 4. The summed E-state index contributed by atoms with van der Waals surface area (Å²) in [5.41, 5.74) is 0. The van der Waals surface area contributed by atoms with E-state index in [0.717, 1.165) is 38.1 Å². The Hall–Kier alpha value is -0.870. The summed E-state index contributed by atoms with van der Waals surface area (Å²) in [6.07, 6.45) is 2.53. The summed E-state index contributed by atoms with van der Waals surface area (Å²) in [6.45, 7) is 13.3. The zero-order valence-electron chi connectivity index (χ0n) is 18.2. The van der Waals surface area contributed by atoms with Crippen molar-refractivity contribution in [3.8, 4) is 0 Å². The zero-order valence-corrected chi connectivity index (χ0v) is 21.4. The van der Waals surface area contributed by atoms with Gasteiger partial charge in [0.05, 0.1) is 12.6 Å². The number of carbonyl (C=O) groups is 1. The molecule has 1 fully saturated rings. The fourth-order valence-corrected chi connectivity index (χ4v) is 4.15. The molecule has 0 radical (unpaired) electrons. The Morgan fingerprint density at radius 2 is 1.93 bits per heavy atom. The van der Waals surface area contributed by atoms with E-state index in [9.17, 15) is 4.79 Å². The predicted molar refractivity (Wildman–Crippen MR) is 134 cm³/mol. The van der Waals surface area contributed by atoms with E-state index in [1.165, 1.54) is 17.7 Å². The number of guanidine groups is 1. The molecule has 8 heteroatoms. The summed E-state index contributed by atoms with van der Waals surface area (Å²) in [4.78, 5) is 20.5. The normalized spacial score (nSPS) is 16.9. The molecule has 29 heavy (non-hydrogen) atoms. The first-order valence-electron chi connectivity index (χ1n) is 10.6. The molecule has 1 saturated heterocycles. The standard InChI is InChI=1S/C21H37N5OS.HI/c1-5-22-21(24-11-10-23-20(27)16(2)3)25-15-18(19-7-6-14-28-19)26-12-8-17(4)9-13-26;/h6-7,14,16-18H,5,8-13,15H2,1-4H3,(H,23,27)(H2,22,24,25);1H.